The summed E-state index contributed by atoms with van der Waals surface area (Å²) < 4.78 is 38.8. The second-order valence-corrected chi connectivity index (χ2v) is 7.39. The van der Waals surface area contributed by atoms with E-state index in [4.69, 9.17) is 5.73 Å². The van der Waals surface area contributed by atoms with Gasteiger partial charge in [0.05, 0.1) is 23.1 Å². The van der Waals surface area contributed by atoms with Gasteiger partial charge in [-0.15, -0.1) is 0 Å². The fourth-order valence-corrected chi connectivity index (χ4v) is 2.94. The van der Waals surface area contributed by atoms with Gasteiger partial charge in [0.15, 0.2) is 0 Å². The molecule has 182 valence electrons. The fourth-order valence-electron chi connectivity index (χ4n) is 2.94. The van der Waals surface area contributed by atoms with Crippen molar-refractivity contribution in [2.45, 2.75) is 56.8 Å². The Hall–Kier alpha value is -3.30. The molecule has 1 unspecified atom stereocenters. The minimum Gasteiger partial charge on any atom is -0.513 e. The molecule has 0 radical (unpaired) electrons. The number of anilines is 1. The summed E-state index contributed by atoms with van der Waals surface area (Å²) >= 11 is 0. The molecule has 9 nitrogen and oxygen atoms in total. The van der Waals surface area contributed by atoms with Crippen LogP contribution in [0.4, 0.5) is 18.9 Å². The molecule has 6 N–H and O–H groups in total. The molecule has 0 aliphatic carbocycles. The number of unbranched alkanes of at least 4 members (excludes halogenated alkanes) is 1. The van der Waals surface area contributed by atoms with Gasteiger partial charge in [0.25, 0.3) is 0 Å². The number of nitriles is 1. The number of carbonyl (C=O) groups is 2. The van der Waals surface area contributed by atoms with Crippen molar-refractivity contribution in [2.75, 3.05) is 11.6 Å². The maximum absolute atomic E-state index is 12.9. The average Bonchev–Trinajstić information content (AvgIpc) is 2.73. The first kappa shape index (κ1) is 27.7. The topological polar surface area (TPSA) is 160 Å². The molecular weight excluding hydrogens is 445 g/mol. The highest BCUT2D eigenvalue weighted by molar-refractivity contribution is 5.90. The van der Waals surface area contributed by atoms with E-state index in [-0.39, 0.29) is 37.3 Å². The van der Waals surface area contributed by atoms with Crippen molar-refractivity contribution < 1.29 is 38.1 Å². The minimum absolute atomic E-state index is 0.119. The number of amides is 1. The first-order valence-corrected chi connectivity index (χ1v) is 10.0. The van der Waals surface area contributed by atoms with Gasteiger partial charge in [-0.25, -0.2) is 4.79 Å². The van der Waals surface area contributed by atoms with Crippen LogP contribution in [0.15, 0.2) is 36.1 Å². The fraction of sp³-hybridized carbons (Fsp3) is 0.476. The van der Waals surface area contributed by atoms with E-state index >= 15 is 0 Å². The molecule has 1 rings (SSSR count). The lowest BCUT2D eigenvalue weighted by atomic mass is 9.92. The van der Waals surface area contributed by atoms with Gasteiger partial charge < -0.3 is 21.1 Å². The van der Waals surface area contributed by atoms with Crippen molar-refractivity contribution in [3.8, 4) is 6.07 Å². The highest BCUT2D eigenvalue weighted by atomic mass is 19.4. The van der Waals surface area contributed by atoms with Crippen molar-refractivity contribution in [1.29, 1.82) is 5.26 Å². The van der Waals surface area contributed by atoms with Gasteiger partial charge in [0, 0.05) is 12.8 Å². The van der Waals surface area contributed by atoms with Crippen LogP contribution in [-0.4, -0.2) is 45.4 Å². The zero-order valence-electron chi connectivity index (χ0n) is 18.0. The lowest BCUT2D eigenvalue weighted by Gasteiger charge is -2.37. The van der Waals surface area contributed by atoms with Crippen molar-refractivity contribution in [3.05, 3.63) is 41.7 Å². The van der Waals surface area contributed by atoms with Crippen LogP contribution in [0.2, 0.25) is 0 Å². The predicted octanol–water partition coefficient (Wildman–Crippen LogP) is 2.62. The van der Waals surface area contributed by atoms with E-state index in [1.54, 1.807) is 6.07 Å². The van der Waals surface area contributed by atoms with Crippen LogP contribution < -0.4 is 16.2 Å². The monoisotopic (exact) mass is 472 g/mol. The number of halogens is 3. The summed E-state index contributed by atoms with van der Waals surface area (Å²) in [5.41, 5.74) is 4.20. The molecule has 0 aliphatic heterocycles. The highest BCUT2D eigenvalue weighted by Gasteiger charge is 2.46. The number of nitrogens with one attached hydrogen (secondary N) is 1. The summed E-state index contributed by atoms with van der Waals surface area (Å²) in [6, 6.07) is 4.96. The molecule has 0 aromatic heterocycles. The van der Waals surface area contributed by atoms with Gasteiger partial charge >= 0.3 is 12.1 Å². The minimum atomic E-state index is -4.64. The number of alkyl halides is 3. The quantitative estimate of drug-likeness (QED) is 0.176. The molecule has 33 heavy (non-hydrogen) atoms. The largest absolute Gasteiger partial charge is 0.513 e. The number of benzene rings is 1. The van der Waals surface area contributed by atoms with Crippen molar-refractivity contribution in [3.63, 3.8) is 0 Å². The molecule has 0 saturated carbocycles. The van der Waals surface area contributed by atoms with E-state index in [9.17, 15) is 43.3 Å². The second kappa shape index (κ2) is 12.1. The third kappa shape index (κ3) is 7.96. The standard InChI is InChI=1S/C21H27F3N4O5/c1-14(29)12-17(30)8-9-18(31)27-28(16-6-4-15(5-7-16)21(22,23)24)20(13-26,19(32)33)10-2-3-11-25/h4-8,14,29-30H,2-3,9-12,25H2,1H3,(H,27,31)(H,32,33)/t14?,20-/m1/s1. The molecule has 2 atom stereocenters. The third-order valence-electron chi connectivity index (χ3n) is 4.63. The number of rotatable bonds is 12. The van der Waals surface area contributed by atoms with Crippen molar-refractivity contribution in [2.24, 2.45) is 5.73 Å². The normalized spacial score (nSPS) is 14.6. The van der Waals surface area contributed by atoms with E-state index in [1.165, 1.54) is 6.92 Å². The molecule has 12 heteroatoms. The SMILES string of the molecule is CC(O)CC(O)=CCC(=O)NN(c1ccc(C(F)(F)F)cc1)[C@@](C#N)(CCCCN)C(=O)O. The Kier molecular flexibility index (Phi) is 10.2. The van der Waals surface area contributed by atoms with Crippen LogP contribution in [0.3, 0.4) is 0 Å². The van der Waals surface area contributed by atoms with Gasteiger partial charge in [-0.05, 0) is 63.1 Å². The van der Waals surface area contributed by atoms with Crippen LogP contribution in [0, 0.1) is 11.3 Å². The predicted molar refractivity (Wildman–Crippen MR) is 113 cm³/mol. The van der Waals surface area contributed by atoms with Crippen LogP contribution in [0.25, 0.3) is 0 Å². The second-order valence-electron chi connectivity index (χ2n) is 7.39. The Morgan fingerprint density at radius 2 is 1.85 bits per heavy atom. The van der Waals surface area contributed by atoms with Crippen LogP contribution >= 0.6 is 0 Å². The number of carboxylic acids is 1. The van der Waals surface area contributed by atoms with Crippen molar-refractivity contribution >= 4 is 17.6 Å². The number of carbonyl (C=O) groups excluding carboxylic acids is 1. The number of hydrazine groups is 1. The molecular formula is C21H27F3N4O5. The maximum atomic E-state index is 12.9. The first-order valence-electron chi connectivity index (χ1n) is 10.0. The summed E-state index contributed by atoms with van der Waals surface area (Å²) in [7, 11) is 0. The van der Waals surface area contributed by atoms with E-state index < -0.39 is 41.7 Å². The Morgan fingerprint density at radius 1 is 1.24 bits per heavy atom. The Bertz CT molecular complexity index is 881. The molecule has 0 aliphatic rings. The molecule has 0 fully saturated rings. The number of aliphatic hydroxyl groups excluding tert-OH is 2. The molecule has 0 bridgehead atoms. The van der Waals surface area contributed by atoms with Crippen molar-refractivity contribution in [1.82, 2.24) is 5.43 Å². The van der Waals surface area contributed by atoms with Crippen LogP contribution in [0.5, 0.6) is 0 Å². The number of nitrogens with zero attached hydrogens (tertiary/aromatic N) is 2. The van der Waals surface area contributed by atoms with Gasteiger partial charge in [0.1, 0.15) is 6.07 Å². The van der Waals surface area contributed by atoms with Gasteiger partial charge in [-0.3, -0.25) is 15.2 Å². The maximum Gasteiger partial charge on any atom is 0.416 e. The molecule has 0 spiro atoms. The van der Waals surface area contributed by atoms with Gasteiger partial charge in [-0.1, -0.05) is 0 Å². The first-order chi connectivity index (χ1) is 15.4. The lowest BCUT2D eigenvalue weighted by Crippen LogP contribution is -2.61. The number of aliphatic carboxylic acids is 1. The molecule has 1 amide bonds. The third-order valence-corrected chi connectivity index (χ3v) is 4.63. The van der Waals surface area contributed by atoms with E-state index in [2.05, 4.69) is 5.43 Å². The summed E-state index contributed by atoms with van der Waals surface area (Å²) in [5.74, 6) is -2.74. The van der Waals surface area contributed by atoms with Gasteiger partial charge in [0.2, 0.25) is 11.4 Å². The number of carboxylic acid groups (broad SMARTS) is 1. The highest BCUT2D eigenvalue weighted by Crippen LogP contribution is 2.33. The number of aliphatic hydroxyl groups is 2. The Labute approximate surface area is 188 Å². The number of hydrogen-bond donors (Lipinski definition) is 5. The summed E-state index contributed by atoms with van der Waals surface area (Å²) in [6.45, 7) is 1.65. The average molecular weight is 472 g/mol. The van der Waals surface area contributed by atoms with Crippen LogP contribution in [-0.2, 0) is 15.8 Å². The number of nitrogens with two attached hydrogens (primary N) is 1. The number of hydrogen-bond acceptors (Lipinski definition) is 7. The molecule has 1 aromatic rings. The molecule has 0 heterocycles. The molecule has 0 saturated heterocycles. The molecule has 1 aromatic carbocycles. The van der Waals surface area contributed by atoms with E-state index in [0.29, 0.717) is 23.6 Å². The Morgan fingerprint density at radius 3 is 2.30 bits per heavy atom. The summed E-state index contributed by atoms with van der Waals surface area (Å²) in [6.07, 6.45) is -4.68. The van der Waals surface area contributed by atoms with Gasteiger partial charge in [-0.2, -0.15) is 18.4 Å². The Balaban J connectivity index is 3.36. The zero-order valence-corrected chi connectivity index (χ0v) is 18.0. The lowest BCUT2D eigenvalue weighted by molar-refractivity contribution is -0.142. The summed E-state index contributed by atoms with van der Waals surface area (Å²) in [5, 5.41) is 39.3. The van der Waals surface area contributed by atoms with E-state index in [0.717, 1.165) is 18.2 Å². The van der Waals surface area contributed by atoms with E-state index in [1.807, 2.05) is 0 Å². The summed E-state index contributed by atoms with van der Waals surface area (Å²) in [4.78, 5) is 24.6. The van der Waals surface area contributed by atoms with Crippen LogP contribution in [0.1, 0.15) is 44.6 Å². The zero-order chi connectivity index (χ0) is 25.2. The smallest absolute Gasteiger partial charge is 0.416 e.